The molecule has 6 nitrogen and oxygen atoms in total. The van der Waals surface area contributed by atoms with Crippen molar-refractivity contribution in [1.29, 1.82) is 0 Å². The molecule has 0 spiro atoms. The minimum absolute atomic E-state index is 0.0906. The van der Waals surface area contributed by atoms with E-state index in [2.05, 4.69) is 9.71 Å². The molecule has 0 amide bonds. The van der Waals surface area contributed by atoms with Gasteiger partial charge in [0.25, 0.3) is 10.0 Å². The Bertz CT molecular complexity index is 523. The first-order chi connectivity index (χ1) is 7.65. The molecule has 2 N–H and O–H groups in total. The first-order valence-corrected chi connectivity index (χ1v) is 7.23. The summed E-state index contributed by atoms with van der Waals surface area (Å²) in [6.07, 6.45) is 0. The third-order valence-electron chi connectivity index (χ3n) is 1.97. The predicted octanol–water partition coefficient (Wildman–Crippen LogP) is 1.19. The molecule has 1 rings (SSSR count). The second-order valence-corrected chi connectivity index (χ2v) is 7.14. The van der Waals surface area contributed by atoms with Gasteiger partial charge >= 0.3 is 5.97 Å². The third-order valence-corrected chi connectivity index (χ3v) is 4.95. The van der Waals surface area contributed by atoms with Crippen molar-refractivity contribution in [3.05, 3.63) is 10.5 Å². The highest BCUT2D eigenvalue weighted by atomic mass is 35.5. The lowest BCUT2D eigenvalue weighted by atomic mass is 9.95. The zero-order valence-electron chi connectivity index (χ0n) is 9.10. The Balaban J connectivity index is 2.79. The third kappa shape index (κ3) is 3.63. The first-order valence-electron chi connectivity index (χ1n) is 4.49. The Morgan fingerprint density at radius 3 is 2.65 bits per heavy atom. The van der Waals surface area contributed by atoms with Gasteiger partial charge in [0.05, 0.1) is 5.41 Å². The highest BCUT2D eigenvalue weighted by Crippen LogP contribution is 2.20. The molecule has 0 aromatic carbocycles. The number of hydrogen-bond acceptors (Lipinski definition) is 5. The van der Waals surface area contributed by atoms with E-state index in [-0.39, 0.29) is 16.0 Å². The van der Waals surface area contributed by atoms with E-state index in [0.717, 1.165) is 11.3 Å². The van der Waals surface area contributed by atoms with Crippen LogP contribution in [0.15, 0.2) is 9.72 Å². The molecule has 17 heavy (non-hydrogen) atoms. The number of carbonyl (C=O) groups is 1. The molecule has 0 aliphatic rings. The molecule has 0 fully saturated rings. The van der Waals surface area contributed by atoms with Crippen LogP contribution in [0.25, 0.3) is 0 Å². The van der Waals surface area contributed by atoms with Crippen LogP contribution in [0, 0.1) is 5.41 Å². The number of carboxylic acid groups (broad SMARTS) is 1. The molecule has 0 aliphatic carbocycles. The molecule has 0 radical (unpaired) electrons. The van der Waals surface area contributed by atoms with Crippen LogP contribution < -0.4 is 4.72 Å². The highest BCUT2D eigenvalue weighted by molar-refractivity contribution is 7.91. The number of aliphatic carboxylic acids is 1. The number of nitrogens with one attached hydrogen (secondary N) is 1. The summed E-state index contributed by atoms with van der Waals surface area (Å²) in [7, 11) is -3.80. The fraction of sp³-hybridized carbons (Fsp3) is 0.500. The summed E-state index contributed by atoms with van der Waals surface area (Å²) in [6.45, 7) is 2.63. The maximum absolute atomic E-state index is 11.7. The van der Waals surface area contributed by atoms with E-state index in [4.69, 9.17) is 16.7 Å². The molecule has 96 valence electrons. The van der Waals surface area contributed by atoms with E-state index < -0.39 is 21.4 Å². The smallest absolute Gasteiger partial charge is 0.310 e. The number of hydrogen-bond donors (Lipinski definition) is 2. The van der Waals surface area contributed by atoms with Crippen LogP contribution in [0.4, 0.5) is 0 Å². The van der Waals surface area contributed by atoms with Gasteiger partial charge in [-0.05, 0) is 13.8 Å². The Kier molecular flexibility index (Phi) is 4.13. The zero-order chi connectivity index (χ0) is 13.3. The summed E-state index contributed by atoms with van der Waals surface area (Å²) < 4.78 is 25.4. The van der Waals surface area contributed by atoms with Crippen molar-refractivity contribution < 1.29 is 18.3 Å². The Morgan fingerprint density at radius 2 is 2.24 bits per heavy atom. The lowest BCUT2D eigenvalue weighted by molar-refractivity contribution is -0.146. The molecule has 9 heteroatoms. The standard InChI is InChI=1S/C8H11ClN2O4S2/c1-8(2,6(12)13)4-10-17(14,15)7-11-5(9)3-16-7/h3,10H,4H2,1-2H3,(H,12,13). The van der Waals surface area contributed by atoms with Gasteiger partial charge in [0, 0.05) is 11.9 Å². The van der Waals surface area contributed by atoms with E-state index >= 15 is 0 Å². The van der Waals surface area contributed by atoms with Crippen LogP contribution in [-0.2, 0) is 14.8 Å². The van der Waals surface area contributed by atoms with Gasteiger partial charge in [-0.1, -0.05) is 11.6 Å². The second-order valence-electron chi connectivity index (χ2n) is 3.95. The van der Waals surface area contributed by atoms with Gasteiger partial charge in [-0.15, -0.1) is 11.3 Å². The molecule has 0 aliphatic heterocycles. The average Bonchev–Trinajstić information content (AvgIpc) is 2.63. The van der Waals surface area contributed by atoms with Gasteiger partial charge in [-0.3, -0.25) is 4.79 Å². The molecule has 1 aromatic heterocycles. The highest BCUT2D eigenvalue weighted by Gasteiger charge is 2.30. The quantitative estimate of drug-likeness (QED) is 0.851. The van der Waals surface area contributed by atoms with Crippen molar-refractivity contribution >= 4 is 38.9 Å². The SMILES string of the molecule is CC(C)(CNS(=O)(=O)c1nc(Cl)cs1)C(=O)O. The van der Waals surface area contributed by atoms with Crippen molar-refractivity contribution in [2.24, 2.45) is 5.41 Å². The van der Waals surface area contributed by atoms with Crippen molar-refractivity contribution in [3.63, 3.8) is 0 Å². The molecule has 0 saturated heterocycles. The van der Waals surface area contributed by atoms with Gasteiger partial charge in [-0.2, -0.15) is 0 Å². The number of nitrogens with zero attached hydrogens (tertiary/aromatic N) is 1. The van der Waals surface area contributed by atoms with Gasteiger partial charge in [0.15, 0.2) is 0 Å². The maximum Gasteiger partial charge on any atom is 0.310 e. The van der Waals surface area contributed by atoms with Crippen LogP contribution >= 0.6 is 22.9 Å². The topological polar surface area (TPSA) is 96.4 Å². The molecule has 0 saturated carbocycles. The van der Waals surface area contributed by atoms with Crippen molar-refractivity contribution in [3.8, 4) is 0 Å². The number of halogens is 1. The van der Waals surface area contributed by atoms with Crippen molar-refractivity contribution in [2.75, 3.05) is 6.54 Å². The number of sulfonamides is 1. The summed E-state index contributed by atoms with van der Waals surface area (Å²) in [6, 6.07) is 0. The zero-order valence-corrected chi connectivity index (χ0v) is 11.5. The van der Waals surface area contributed by atoms with Crippen molar-refractivity contribution in [1.82, 2.24) is 9.71 Å². The fourth-order valence-electron chi connectivity index (χ4n) is 0.775. The molecule has 0 unspecified atom stereocenters. The molecule has 1 aromatic rings. The van der Waals surface area contributed by atoms with Crippen LogP contribution in [0.1, 0.15) is 13.8 Å². The minimum Gasteiger partial charge on any atom is -0.481 e. The van der Waals surface area contributed by atoms with E-state index in [1.807, 2.05) is 0 Å². The Labute approximate surface area is 108 Å². The summed E-state index contributed by atoms with van der Waals surface area (Å²) in [5, 5.41) is 10.3. The van der Waals surface area contributed by atoms with Crippen LogP contribution in [0.2, 0.25) is 5.15 Å². The maximum atomic E-state index is 11.7. The molecule has 1 heterocycles. The summed E-state index contributed by atoms with van der Waals surface area (Å²) in [5.41, 5.74) is -1.19. The fourth-order valence-corrected chi connectivity index (χ4v) is 3.22. The van der Waals surface area contributed by atoms with E-state index in [0.29, 0.717) is 0 Å². The second kappa shape index (κ2) is 4.89. The monoisotopic (exact) mass is 298 g/mol. The van der Waals surface area contributed by atoms with E-state index in [1.165, 1.54) is 19.2 Å². The largest absolute Gasteiger partial charge is 0.481 e. The Morgan fingerprint density at radius 1 is 1.65 bits per heavy atom. The Hall–Kier alpha value is -0.700. The summed E-state index contributed by atoms with van der Waals surface area (Å²) in [5.74, 6) is -1.09. The van der Waals surface area contributed by atoms with Crippen LogP contribution in [0.3, 0.4) is 0 Å². The van der Waals surface area contributed by atoms with E-state index in [1.54, 1.807) is 0 Å². The number of thiazole rings is 1. The van der Waals surface area contributed by atoms with Gasteiger partial charge < -0.3 is 5.11 Å². The average molecular weight is 299 g/mol. The summed E-state index contributed by atoms with van der Waals surface area (Å²) in [4.78, 5) is 14.4. The van der Waals surface area contributed by atoms with Gasteiger partial charge in [0.1, 0.15) is 5.15 Å². The normalized spacial score (nSPS) is 12.6. The minimum atomic E-state index is -3.80. The van der Waals surface area contributed by atoms with Crippen LogP contribution in [-0.4, -0.2) is 31.0 Å². The number of aromatic nitrogens is 1. The molecular formula is C8H11ClN2O4S2. The van der Waals surface area contributed by atoms with Crippen LogP contribution in [0.5, 0.6) is 0 Å². The lowest BCUT2D eigenvalue weighted by Crippen LogP contribution is -2.38. The van der Waals surface area contributed by atoms with Gasteiger partial charge in [-0.25, -0.2) is 18.1 Å². The number of rotatable bonds is 5. The molecule has 0 bridgehead atoms. The molecular weight excluding hydrogens is 288 g/mol. The molecule has 0 atom stereocenters. The summed E-state index contributed by atoms with van der Waals surface area (Å²) >= 11 is 6.39. The van der Waals surface area contributed by atoms with Gasteiger partial charge in [0.2, 0.25) is 4.34 Å². The number of carboxylic acids is 1. The van der Waals surface area contributed by atoms with E-state index in [9.17, 15) is 13.2 Å². The predicted molar refractivity (Wildman–Crippen MR) is 63.7 cm³/mol. The first kappa shape index (κ1) is 14.4. The lowest BCUT2D eigenvalue weighted by Gasteiger charge is -2.18. The van der Waals surface area contributed by atoms with Crippen molar-refractivity contribution in [2.45, 2.75) is 18.2 Å².